The fourth-order valence-electron chi connectivity index (χ4n) is 2.21. The second-order valence-corrected chi connectivity index (χ2v) is 6.43. The molecular weight excluding hydrogens is 282 g/mol. The third kappa shape index (κ3) is 4.84. The molecule has 2 rings (SSSR count). The highest BCUT2D eigenvalue weighted by molar-refractivity contribution is 5.86. The van der Waals surface area contributed by atoms with Crippen LogP contribution in [0.25, 0.3) is 0 Å². The van der Waals surface area contributed by atoms with Crippen molar-refractivity contribution in [3.63, 3.8) is 0 Å². The molecule has 1 aliphatic rings. The number of likely N-dealkylation sites (tertiary alicyclic amines) is 1. The van der Waals surface area contributed by atoms with Crippen LogP contribution in [0.1, 0.15) is 32.8 Å². The summed E-state index contributed by atoms with van der Waals surface area (Å²) >= 11 is 0. The Morgan fingerprint density at radius 3 is 2.59 bits per heavy atom. The van der Waals surface area contributed by atoms with E-state index in [-0.39, 0.29) is 12.3 Å². The van der Waals surface area contributed by atoms with Gasteiger partial charge in [0.15, 0.2) is 5.78 Å². The van der Waals surface area contributed by atoms with Crippen LogP contribution in [0.5, 0.6) is 0 Å². The number of hydrogen-bond acceptors (Lipinski definition) is 4. The Bertz CT molecular complexity index is 521. The monoisotopic (exact) mass is 305 g/mol. The number of carbonyl (C=O) groups excluding carboxylic acids is 2. The maximum atomic E-state index is 12.1. The largest absolute Gasteiger partial charge is 0.444 e. The van der Waals surface area contributed by atoms with Crippen molar-refractivity contribution < 1.29 is 19.1 Å². The van der Waals surface area contributed by atoms with Gasteiger partial charge in [-0.2, -0.15) is 0 Å². The summed E-state index contributed by atoms with van der Waals surface area (Å²) in [5.41, 5.74) is 0.462. The summed E-state index contributed by atoms with van der Waals surface area (Å²) in [7, 11) is 0. The molecular formula is C17H23NO4. The number of benzene rings is 1. The summed E-state index contributed by atoms with van der Waals surface area (Å²) in [6.07, 6.45) is -0.673. The third-order valence-corrected chi connectivity index (χ3v) is 3.32. The molecule has 1 aliphatic heterocycles. The van der Waals surface area contributed by atoms with Crippen molar-refractivity contribution in [2.24, 2.45) is 0 Å². The first-order chi connectivity index (χ1) is 10.3. The Morgan fingerprint density at radius 2 is 1.95 bits per heavy atom. The number of nitrogens with zero attached hydrogens (tertiary/aromatic N) is 1. The van der Waals surface area contributed by atoms with Crippen LogP contribution in [0.3, 0.4) is 0 Å². The van der Waals surface area contributed by atoms with Gasteiger partial charge in [-0.1, -0.05) is 30.3 Å². The minimum absolute atomic E-state index is 0.0377. The average molecular weight is 305 g/mol. The predicted molar refractivity (Wildman–Crippen MR) is 82.5 cm³/mol. The lowest BCUT2D eigenvalue weighted by Gasteiger charge is -2.33. The lowest BCUT2D eigenvalue weighted by atomic mass is 10.1. The van der Waals surface area contributed by atoms with E-state index >= 15 is 0 Å². The standard InChI is InChI=1S/C17H23NO4/c1-17(2,3)22-16(20)18-10-9-14(19)15(11-18)21-12-13-7-5-4-6-8-13/h4-8,15H,9-12H2,1-3H3/t15-/m1/s1. The van der Waals surface area contributed by atoms with E-state index in [0.29, 0.717) is 19.6 Å². The molecule has 0 aliphatic carbocycles. The van der Waals surface area contributed by atoms with Gasteiger partial charge in [0.1, 0.15) is 11.7 Å². The van der Waals surface area contributed by atoms with E-state index in [9.17, 15) is 9.59 Å². The molecule has 0 saturated carbocycles. The summed E-state index contributed by atoms with van der Waals surface area (Å²) in [6.45, 7) is 6.47. The van der Waals surface area contributed by atoms with Crippen LogP contribution in [0.2, 0.25) is 0 Å². The van der Waals surface area contributed by atoms with E-state index in [4.69, 9.17) is 9.47 Å². The number of piperidine rings is 1. The molecule has 1 amide bonds. The Balaban J connectivity index is 1.91. The van der Waals surface area contributed by atoms with Gasteiger partial charge in [0, 0.05) is 13.0 Å². The number of ketones is 1. The fourth-order valence-corrected chi connectivity index (χ4v) is 2.21. The molecule has 1 saturated heterocycles. The van der Waals surface area contributed by atoms with Crippen LogP contribution in [-0.4, -0.2) is 41.6 Å². The van der Waals surface area contributed by atoms with E-state index in [1.54, 1.807) is 4.90 Å². The minimum Gasteiger partial charge on any atom is -0.444 e. The van der Waals surface area contributed by atoms with Gasteiger partial charge in [0.2, 0.25) is 0 Å². The first kappa shape index (κ1) is 16.5. The second kappa shape index (κ2) is 6.92. The Labute approximate surface area is 131 Å². The lowest BCUT2D eigenvalue weighted by Crippen LogP contribution is -2.49. The first-order valence-electron chi connectivity index (χ1n) is 7.51. The highest BCUT2D eigenvalue weighted by Gasteiger charge is 2.32. The molecule has 0 bridgehead atoms. The molecule has 120 valence electrons. The van der Waals surface area contributed by atoms with Gasteiger partial charge in [-0.15, -0.1) is 0 Å². The van der Waals surface area contributed by atoms with Gasteiger partial charge >= 0.3 is 6.09 Å². The molecule has 0 N–H and O–H groups in total. The molecule has 0 spiro atoms. The second-order valence-electron chi connectivity index (χ2n) is 6.43. The van der Waals surface area contributed by atoms with Crippen molar-refractivity contribution in [2.45, 2.75) is 45.5 Å². The Kier molecular flexibility index (Phi) is 5.19. The van der Waals surface area contributed by atoms with Gasteiger partial charge in [0.05, 0.1) is 13.2 Å². The highest BCUT2D eigenvalue weighted by atomic mass is 16.6. The number of carbonyl (C=O) groups is 2. The van der Waals surface area contributed by atoms with E-state index in [1.807, 2.05) is 51.1 Å². The minimum atomic E-state index is -0.582. The van der Waals surface area contributed by atoms with Crippen molar-refractivity contribution >= 4 is 11.9 Å². The smallest absolute Gasteiger partial charge is 0.410 e. The molecule has 1 fully saturated rings. The molecule has 1 aromatic carbocycles. The summed E-state index contributed by atoms with van der Waals surface area (Å²) in [4.78, 5) is 25.6. The van der Waals surface area contributed by atoms with E-state index in [1.165, 1.54) is 0 Å². The summed E-state index contributed by atoms with van der Waals surface area (Å²) in [6, 6.07) is 9.67. The number of ether oxygens (including phenoxy) is 2. The van der Waals surface area contributed by atoms with Crippen LogP contribution in [0, 0.1) is 0 Å². The van der Waals surface area contributed by atoms with Gasteiger partial charge in [-0.3, -0.25) is 4.79 Å². The topological polar surface area (TPSA) is 55.8 Å². The fraction of sp³-hybridized carbons (Fsp3) is 0.529. The lowest BCUT2D eigenvalue weighted by molar-refractivity contribution is -0.136. The molecule has 1 atom stereocenters. The molecule has 0 unspecified atom stereocenters. The summed E-state index contributed by atoms with van der Waals surface area (Å²) in [5, 5.41) is 0. The van der Waals surface area contributed by atoms with E-state index in [0.717, 1.165) is 5.56 Å². The molecule has 1 aromatic rings. The molecule has 22 heavy (non-hydrogen) atoms. The van der Waals surface area contributed by atoms with Crippen LogP contribution < -0.4 is 0 Å². The zero-order valence-electron chi connectivity index (χ0n) is 13.4. The van der Waals surface area contributed by atoms with Crippen molar-refractivity contribution in [3.8, 4) is 0 Å². The van der Waals surface area contributed by atoms with E-state index in [2.05, 4.69) is 0 Å². The maximum Gasteiger partial charge on any atom is 0.410 e. The molecule has 5 nitrogen and oxygen atoms in total. The summed E-state index contributed by atoms with van der Waals surface area (Å²) in [5.74, 6) is 0.0377. The quantitative estimate of drug-likeness (QED) is 0.861. The average Bonchev–Trinajstić information content (AvgIpc) is 2.45. The number of Topliss-reactive ketones (excluding diaryl/α,β-unsaturated/α-hetero) is 1. The van der Waals surface area contributed by atoms with Crippen LogP contribution >= 0.6 is 0 Å². The van der Waals surface area contributed by atoms with Crippen LogP contribution in [0.15, 0.2) is 30.3 Å². The third-order valence-electron chi connectivity index (χ3n) is 3.32. The SMILES string of the molecule is CC(C)(C)OC(=O)N1CCC(=O)[C@H](OCc2ccccc2)C1. The number of rotatable bonds is 3. The zero-order valence-corrected chi connectivity index (χ0v) is 13.4. The predicted octanol–water partition coefficient (Wildman–Crippen LogP) is 2.78. The van der Waals surface area contributed by atoms with Gasteiger partial charge in [0.25, 0.3) is 0 Å². The van der Waals surface area contributed by atoms with Crippen molar-refractivity contribution in [2.75, 3.05) is 13.1 Å². The van der Waals surface area contributed by atoms with Crippen LogP contribution in [-0.2, 0) is 20.9 Å². The molecule has 5 heteroatoms. The normalized spacial score (nSPS) is 19.1. The Hall–Kier alpha value is -1.88. The van der Waals surface area contributed by atoms with Crippen molar-refractivity contribution in [1.29, 1.82) is 0 Å². The Morgan fingerprint density at radius 1 is 1.27 bits per heavy atom. The molecule has 0 aromatic heterocycles. The van der Waals surface area contributed by atoms with Crippen LogP contribution in [0.4, 0.5) is 4.79 Å². The van der Waals surface area contributed by atoms with Crippen molar-refractivity contribution in [1.82, 2.24) is 4.90 Å². The van der Waals surface area contributed by atoms with Gasteiger partial charge < -0.3 is 14.4 Å². The maximum absolute atomic E-state index is 12.1. The highest BCUT2D eigenvalue weighted by Crippen LogP contribution is 2.16. The molecule has 1 heterocycles. The summed E-state index contributed by atoms with van der Waals surface area (Å²) < 4.78 is 11.0. The number of amides is 1. The van der Waals surface area contributed by atoms with Gasteiger partial charge in [-0.05, 0) is 26.3 Å². The number of hydrogen-bond donors (Lipinski definition) is 0. The molecule has 0 radical (unpaired) electrons. The van der Waals surface area contributed by atoms with Gasteiger partial charge in [-0.25, -0.2) is 4.79 Å². The zero-order chi connectivity index (χ0) is 16.2. The first-order valence-corrected chi connectivity index (χ1v) is 7.51. The van der Waals surface area contributed by atoms with Crippen molar-refractivity contribution in [3.05, 3.63) is 35.9 Å². The van der Waals surface area contributed by atoms with E-state index < -0.39 is 17.8 Å².